The highest BCUT2D eigenvalue weighted by Gasteiger charge is 2.22. The Kier molecular flexibility index (Phi) is 8.66. The van der Waals surface area contributed by atoms with Gasteiger partial charge in [0.25, 0.3) is 11.1 Å². The summed E-state index contributed by atoms with van der Waals surface area (Å²) in [6.07, 6.45) is 3.55. The summed E-state index contributed by atoms with van der Waals surface area (Å²) < 4.78 is 6.38. The highest BCUT2D eigenvalue weighted by molar-refractivity contribution is 6.02. The molecule has 13 nitrogen and oxygen atoms in total. The molecule has 0 saturated carbocycles. The summed E-state index contributed by atoms with van der Waals surface area (Å²) >= 11 is 0. The van der Waals surface area contributed by atoms with Gasteiger partial charge in [-0.05, 0) is 64.1 Å². The predicted octanol–water partition coefficient (Wildman–Crippen LogP) is 7.57. The van der Waals surface area contributed by atoms with Crippen molar-refractivity contribution in [3.8, 4) is 45.0 Å². The van der Waals surface area contributed by atoms with Crippen LogP contribution in [-0.2, 0) is 0 Å². The summed E-state index contributed by atoms with van der Waals surface area (Å²) in [4.78, 5) is 38.8. The van der Waals surface area contributed by atoms with E-state index in [1.807, 2.05) is 100 Å². The van der Waals surface area contributed by atoms with Gasteiger partial charge < -0.3 is 10.6 Å². The Morgan fingerprint density at radius 3 is 1.33 bits per heavy atom. The van der Waals surface area contributed by atoms with Crippen molar-refractivity contribution in [3.05, 3.63) is 142 Å². The van der Waals surface area contributed by atoms with Crippen LogP contribution in [0, 0.1) is 0 Å². The van der Waals surface area contributed by atoms with Crippen LogP contribution in [0.3, 0.4) is 0 Å². The molecule has 8 aromatic rings. The number of amides is 2. The first-order valence-electron chi connectivity index (χ1n) is 17.6. The van der Waals surface area contributed by atoms with Crippen molar-refractivity contribution in [2.75, 3.05) is 10.6 Å². The quantitative estimate of drug-likeness (QED) is 0.165. The smallest absolute Gasteiger partial charge is 0.308 e. The van der Waals surface area contributed by atoms with Crippen molar-refractivity contribution in [3.63, 3.8) is 0 Å². The maximum absolute atomic E-state index is 13.6. The number of aromatic nitrogens is 8. The van der Waals surface area contributed by atoms with Crippen LogP contribution in [0.1, 0.15) is 39.8 Å². The van der Waals surface area contributed by atoms with E-state index in [0.29, 0.717) is 45.2 Å². The molecule has 2 amide bonds. The third-order valence-electron chi connectivity index (χ3n) is 9.02. The molecule has 0 fully saturated rings. The minimum atomic E-state index is -0.463. The fraction of sp³-hybridized carbons (Fsp3) is 0.146. The minimum absolute atomic E-state index is 0.144. The fourth-order valence-corrected chi connectivity index (χ4v) is 6.50. The number of nitrogens with one attached hydrogen (secondary N) is 2. The molecule has 0 aliphatic carbocycles. The third kappa shape index (κ3) is 6.32. The number of pyridine rings is 2. The number of carbonyl (C=O) groups excluding carboxylic acids is 1. The van der Waals surface area contributed by atoms with Crippen LogP contribution in [0.5, 0.6) is 0 Å². The molecule has 2 N–H and O–H groups in total. The number of hydrogen-bond acceptors (Lipinski definition) is 7. The number of carbonyl (C=O) groups is 1. The standard InChI is InChI=1S/C41H36N10O3/c1-25(2)50-35(52)17-15-31(44-50)37-33-23-29(19-21-48(33)46-39(37)27-11-7-5-8-12-27)42-41(54)43-30-20-22-49-34(24-30)38(40(47-49)28-13-9-6-10-14-28)32-16-18-36(53)51(45-32)26(3)4/h5-26H,1-4H3,(H2,42,43,54). The molecule has 268 valence electrons. The lowest BCUT2D eigenvalue weighted by Gasteiger charge is -2.12. The molecule has 0 atom stereocenters. The van der Waals surface area contributed by atoms with Gasteiger partial charge in [-0.2, -0.15) is 20.4 Å². The number of benzene rings is 2. The molecule has 0 aliphatic heterocycles. The maximum atomic E-state index is 13.6. The maximum Gasteiger partial charge on any atom is 0.323 e. The molecule has 8 rings (SSSR count). The van der Waals surface area contributed by atoms with Crippen LogP contribution >= 0.6 is 0 Å². The molecular formula is C41H36N10O3. The molecule has 0 radical (unpaired) electrons. The molecular weight excluding hydrogens is 681 g/mol. The molecule has 0 unspecified atom stereocenters. The summed E-state index contributed by atoms with van der Waals surface area (Å²) in [5, 5.41) is 25.1. The highest BCUT2D eigenvalue weighted by Crippen LogP contribution is 2.36. The Morgan fingerprint density at radius 1 is 0.537 bits per heavy atom. The van der Waals surface area contributed by atoms with Gasteiger partial charge in [0, 0.05) is 47.0 Å². The van der Waals surface area contributed by atoms with Crippen LogP contribution in [0.15, 0.2) is 131 Å². The number of anilines is 2. The van der Waals surface area contributed by atoms with Crippen LogP contribution in [-0.4, -0.2) is 44.8 Å². The second-order valence-electron chi connectivity index (χ2n) is 13.4. The van der Waals surface area contributed by atoms with Gasteiger partial charge >= 0.3 is 6.03 Å². The Balaban J connectivity index is 1.16. The average Bonchev–Trinajstić information content (AvgIpc) is 3.74. The van der Waals surface area contributed by atoms with Crippen molar-refractivity contribution in [1.82, 2.24) is 38.8 Å². The summed E-state index contributed by atoms with van der Waals surface area (Å²) in [7, 11) is 0. The van der Waals surface area contributed by atoms with E-state index in [9.17, 15) is 14.4 Å². The molecule has 0 bridgehead atoms. The lowest BCUT2D eigenvalue weighted by Crippen LogP contribution is -2.23. The topological polar surface area (TPSA) is 146 Å². The minimum Gasteiger partial charge on any atom is -0.308 e. The Bertz CT molecular complexity index is 2610. The van der Waals surface area contributed by atoms with Gasteiger partial charge in [0.15, 0.2) is 0 Å². The normalized spacial score (nSPS) is 11.5. The van der Waals surface area contributed by atoms with Crippen molar-refractivity contribution in [1.29, 1.82) is 0 Å². The predicted molar refractivity (Wildman–Crippen MR) is 210 cm³/mol. The largest absolute Gasteiger partial charge is 0.323 e. The Morgan fingerprint density at radius 2 is 0.944 bits per heavy atom. The van der Waals surface area contributed by atoms with Gasteiger partial charge in [0.05, 0.1) is 45.6 Å². The van der Waals surface area contributed by atoms with Crippen LogP contribution < -0.4 is 21.8 Å². The number of hydrogen-bond donors (Lipinski definition) is 2. The molecule has 0 spiro atoms. The number of urea groups is 1. The summed E-state index contributed by atoms with van der Waals surface area (Å²) in [6, 6.07) is 32.4. The number of fused-ring (bicyclic) bond motifs is 2. The summed E-state index contributed by atoms with van der Waals surface area (Å²) in [6.45, 7) is 7.63. The van der Waals surface area contributed by atoms with E-state index in [-0.39, 0.29) is 23.2 Å². The Labute approximate surface area is 309 Å². The number of nitrogens with zero attached hydrogens (tertiary/aromatic N) is 8. The van der Waals surface area contributed by atoms with E-state index < -0.39 is 6.03 Å². The zero-order valence-electron chi connectivity index (χ0n) is 30.0. The van der Waals surface area contributed by atoms with Gasteiger partial charge in [-0.3, -0.25) is 9.59 Å². The first kappa shape index (κ1) is 34.0. The second-order valence-corrected chi connectivity index (χ2v) is 13.4. The zero-order chi connectivity index (χ0) is 37.5. The molecule has 54 heavy (non-hydrogen) atoms. The van der Waals surface area contributed by atoms with Crippen LogP contribution in [0.4, 0.5) is 16.2 Å². The van der Waals surface area contributed by atoms with Crippen molar-refractivity contribution >= 4 is 28.4 Å². The van der Waals surface area contributed by atoms with E-state index in [2.05, 4.69) is 10.6 Å². The fourth-order valence-electron chi connectivity index (χ4n) is 6.50. The summed E-state index contributed by atoms with van der Waals surface area (Å²) in [5.74, 6) is 0. The molecule has 0 aliphatic rings. The van der Waals surface area contributed by atoms with Crippen molar-refractivity contribution < 1.29 is 4.79 Å². The monoisotopic (exact) mass is 716 g/mol. The first-order valence-corrected chi connectivity index (χ1v) is 17.6. The van der Waals surface area contributed by atoms with Gasteiger partial charge in [-0.15, -0.1) is 0 Å². The van der Waals surface area contributed by atoms with Crippen LogP contribution in [0.25, 0.3) is 56.1 Å². The van der Waals surface area contributed by atoms with Gasteiger partial charge in [-0.1, -0.05) is 60.7 Å². The molecule has 6 heterocycles. The molecule has 0 saturated heterocycles. The third-order valence-corrected chi connectivity index (χ3v) is 9.02. The lowest BCUT2D eigenvalue weighted by atomic mass is 10.0. The summed E-state index contributed by atoms with van der Waals surface area (Å²) in [5.41, 5.74) is 7.82. The van der Waals surface area contributed by atoms with E-state index in [1.54, 1.807) is 45.7 Å². The van der Waals surface area contributed by atoms with E-state index in [0.717, 1.165) is 22.3 Å². The van der Waals surface area contributed by atoms with Crippen molar-refractivity contribution in [2.24, 2.45) is 0 Å². The van der Waals surface area contributed by atoms with E-state index in [1.165, 1.54) is 21.5 Å². The highest BCUT2D eigenvalue weighted by atomic mass is 16.2. The lowest BCUT2D eigenvalue weighted by molar-refractivity contribution is 0.262. The van der Waals surface area contributed by atoms with Crippen molar-refractivity contribution in [2.45, 2.75) is 39.8 Å². The van der Waals surface area contributed by atoms with E-state index in [4.69, 9.17) is 20.4 Å². The second kappa shape index (κ2) is 13.8. The Hall–Kier alpha value is -7.15. The SMILES string of the molecule is CC(C)n1nc(-c2c(-c3ccccc3)nn3ccc(NC(=O)Nc4ccn5nc(-c6ccccc6)c(-c6ccc(=O)n(C(C)C)n6)c5c4)cc23)ccc1=O. The molecule has 13 heteroatoms. The average molecular weight is 717 g/mol. The van der Waals surface area contributed by atoms with Crippen LogP contribution in [0.2, 0.25) is 0 Å². The van der Waals surface area contributed by atoms with Gasteiger partial charge in [-0.25, -0.2) is 23.2 Å². The molecule has 6 aromatic heterocycles. The molecule has 2 aromatic carbocycles. The number of rotatable bonds is 8. The first-order chi connectivity index (χ1) is 26.1. The van der Waals surface area contributed by atoms with Gasteiger partial charge in [0.2, 0.25) is 0 Å². The van der Waals surface area contributed by atoms with E-state index >= 15 is 0 Å². The zero-order valence-corrected chi connectivity index (χ0v) is 30.0. The van der Waals surface area contributed by atoms with Gasteiger partial charge in [0.1, 0.15) is 11.4 Å².